The zero-order valence-corrected chi connectivity index (χ0v) is 11.1. The second-order valence-corrected chi connectivity index (χ2v) is 5.24. The van der Waals surface area contributed by atoms with Crippen molar-refractivity contribution in [1.82, 2.24) is 20.4 Å². The number of aromatic nitrogens is 4. The van der Waals surface area contributed by atoms with Gasteiger partial charge in [0.15, 0.2) is 0 Å². The number of anilines is 1. The molecule has 7 heteroatoms. The second-order valence-electron chi connectivity index (χ2n) is 4.39. The number of nitrogens with one attached hydrogen (secondary N) is 1. The normalized spacial score (nSPS) is 23.6. The van der Waals surface area contributed by atoms with Crippen LogP contribution >= 0.6 is 15.9 Å². The van der Waals surface area contributed by atoms with Crippen LogP contribution in [0.4, 0.5) is 5.69 Å². The van der Waals surface area contributed by atoms with Crippen LogP contribution in [0.5, 0.6) is 0 Å². The minimum Gasteiger partial charge on any atom is -0.381 e. The highest BCUT2D eigenvalue weighted by Crippen LogP contribution is 2.35. The average Bonchev–Trinajstić information content (AvgIpc) is 2.99. The number of pyridine rings is 1. The molecule has 1 aliphatic heterocycles. The smallest absolute Gasteiger partial charge is 0.129 e. The molecular formula is C11H12BrN5O. The van der Waals surface area contributed by atoms with Crippen molar-refractivity contribution in [2.24, 2.45) is 0 Å². The summed E-state index contributed by atoms with van der Waals surface area (Å²) in [5, 5.41) is 20.9. The molecule has 0 aromatic carbocycles. The Morgan fingerprint density at radius 1 is 1.44 bits per heavy atom. The van der Waals surface area contributed by atoms with Gasteiger partial charge in [0.25, 0.3) is 0 Å². The summed E-state index contributed by atoms with van der Waals surface area (Å²) >= 11 is 3.47. The van der Waals surface area contributed by atoms with Crippen molar-refractivity contribution in [2.75, 3.05) is 18.0 Å². The van der Waals surface area contributed by atoms with Crippen LogP contribution in [0.3, 0.4) is 0 Å². The molecule has 6 nitrogen and oxygen atoms in total. The minimum atomic E-state index is -0.935. The molecule has 1 fully saturated rings. The van der Waals surface area contributed by atoms with E-state index in [9.17, 15) is 5.11 Å². The number of H-pyrrole nitrogens is 1. The van der Waals surface area contributed by atoms with Crippen LogP contribution in [0, 0.1) is 0 Å². The molecule has 18 heavy (non-hydrogen) atoms. The Labute approximate surface area is 112 Å². The third kappa shape index (κ3) is 1.89. The molecule has 2 aromatic rings. The number of aromatic amines is 1. The van der Waals surface area contributed by atoms with Crippen molar-refractivity contribution >= 4 is 21.6 Å². The molecule has 2 aromatic heterocycles. The lowest BCUT2D eigenvalue weighted by Gasteiger charge is -2.23. The third-order valence-electron chi connectivity index (χ3n) is 3.23. The van der Waals surface area contributed by atoms with Gasteiger partial charge in [-0.05, 0) is 22.0 Å². The number of rotatable bonds is 2. The molecule has 1 saturated heterocycles. The van der Waals surface area contributed by atoms with Crippen LogP contribution in [-0.2, 0) is 5.60 Å². The molecule has 0 aliphatic carbocycles. The van der Waals surface area contributed by atoms with Crippen molar-refractivity contribution in [3.05, 3.63) is 34.8 Å². The quantitative estimate of drug-likeness (QED) is 0.867. The molecular weight excluding hydrogens is 298 g/mol. The number of nitrogens with zero attached hydrogens (tertiary/aromatic N) is 4. The number of β-amino-alcohol motifs (C(OH)–C–C–N with tert-alkyl or cyclic N) is 1. The molecule has 3 heterocycles. The standard InChI is InChI=1S/C11H12BrN5O/c12-8-5-13-3-1-9(8)17-4-2-11(18,7-17)10-6-14-16-15-10/h1,3,5-6,18H,2,4,7H2,(H,14,15,16). The van der Waals surface area contributed by atoms with E-state index in [0.717, 1.165) is 16.7 Å². The van der Waals surface area contributed by atoms with Gasteiger partial charge in [0.05, 0.1) is 22.9 Å². The molecule has 1 atom stereocenters. The number of hydrogen-bond donors (Lipinski definition) is 2. The van der Waals surface area contributed by atoms with Gasteiger partial charge in [0.2, 0.25) is 0 Å². The lowest BCUT2D eigenvalue weighted by Crippen LogP contribution is -2.31. The summed E-state index contributed by atoms with van der Waals surface area (Å²) in [7, 11) is 0. The molecule has 3 rings (SSSR count). The maximum absolute atomic E-state index is 10.6. The van der Waals surface area contributed by atoms with Gasteiger partial charge >= 0.3 is 0 Å². The zero-order valence-electron chi connectivity index (χ0n) is 9.54. The van der Waals surface area contributed by atoms with Crippen LogP contribution in [0.15, 0.2) is 29.1 Å². The zero-order chi connectivity index (χ0) is 12.6. The van der Waals surface area contributed by atoms with E-state index in [4.69, 9.17) is 0 Å². The van der Waals surface area contributed by atoms with Gasteiger partial charge in [-0.2, -0.15) is 15.4 Å². The van der Waals surface area contributed by atoms with Gasteiger partial charge in [-0.3, -0.25) is 4.98 Å². The van der Waals surface area contributed by atoms with Gasteiger partial charge < -0.3 is 10.0 Å². The van der Waals surface area contributed by atoms with E-state index < -0.39 is 5.60 Å². The SMILES string of the molecule is OC1(c2cn[nH]n2)CCN(c2ccncc2Br)C1. The van der Waals surface area contributed by atoms with Crippen molar-refractivity contribution < 1.29 is 5.11 Å². The van der Waals surface area contributed by atoms with Crippen LogP contribution in [-0.4, -0.2) is 38.6 Å². The van der Waals surface area contributed by atoms with Crippen molar-refractivity contribution in [3.8, 4) is 0 Å². The summed E-state index contributed by atoms with van der Waals surface area (Å²) in [6.07, 6.45) is 5.70. The van der Waals surface area contributed by atoms with Crippen LogP contribution in [0.25, 0.3) is 0 Å². The first-order valence-electron chi connectivity index (χ1n) is 5.62. The largest absolute Gasteiger partial charge is 0.381 e. The van der Waals surface area contributed by atoms with E-state index in [1.54, 1.807) is 18.6 Å². The monoisotopic (exact) mass is 309 g/mol. The Morgan fingerprint density at radius 3 is 3.06 bits per heavy atom. The fourth-order valence-electron chi connectivity index (χ4n) is 2.26. The number of halogens is 1. The average molecular weight is 310 g/mol. The maximum atomic E-state index is 10.6. The van der Waals surface area contributed by atoms with Gasteiger partial charge in [-0.15, -0.1) is 0 Å². The highest BCUT2D eigenvalue weighted by atomic mass is 79.9. The Hall–Kier alpha value is -1.47. The van der Waals surface area contributed by atoms with Gasteiger partial charge in [0, 0.05) is 25.4 Å². The Morgan fingerprint density at radius 2 is 2.33 bits per heavy atom. The van der Waals surface area contributed by atoms with E-state index >= 15 is 0 Å². The lowest BCUT2D eigenvalue weighted by atomic mass is 10.00. The molecule has 1 unspecified atom stereocenters. The lowest BCUT2D eigenvalue weighted by molar-refractivity contribution is 0.0560. The molecule has 0 radical (unpaired) electrons. The van der Waals surface area contributed by atoms with E-state index in [2.05, 4.69) is 41.2 Å². The highest BCUT2D eigenvalue weighted by Gasteiger charge is 2.40. The molecule has 0 spiro atoms. The van der Waals surface area contributed by atoms with Gasteiger partial charge in [-0.25, -0.2) is 0 Å². The molecule has 0 amide bonds. The van der Waals surface area contributed by atoms with E-state index in [-0.39, 0.29) is 0 Å². The Balaban J connectivity index is 1.86. The van der Waals surface area contributed by atoms with E-state index in [1.807, 2.05) is 6.07 Å². The van der Waals surface area contributed by atoms with Gasteiger partial charge in [-0.1, -0.05) is 0 Å². The van der Waals surface area contributed by atoms with Crippen LogP contribution in [0.2, 0.25) is 0 Å². The van der Waals surface area contributed by atoms with Crippen LogP contribution < -0.4 is 4.90 Å². The summed E-state index contributed by atoms with van der Waals surface area (Å²) in [5.41, 5.74) is 0.690. The summed E-state index contributed by atoms with van der Waals surface area (Å²) in [5.74, 6) is 0. The fourth-order valence-corrected chi connectivity index (χ4v) is 2.76. The maximum Gasteiger partial charge on any atom is 0.129 e. The summed E-state index contributed by atoms with van der Waals surface area (Å²) in [6, 6.07) is 1.93. The summed E-state index contributed by atoms with van der Waals surface area (Å²) < 4.78 is 0.925. The number of hydrogen-bond acceptors (Lipinski definition) is 5. The topological polar surface area (TPSA) is 77.9 Å². The minimum absolute atomic E-state index is 0.502. The first kappa shape index (κ1) is 11.6. The first-order valence-corrected chi connectivity index (χ1v) is 6.41. The molecule has 94 valence electrons. The summed E-state index contributed by atoms with van der Waals surface area (Å²) in [6.45, 7) is 1.27. The Kier molecular flexibility index (Phi) is 2.79. The van der Waals surface area contributed by atoms with Crippen molar-refractivity contribution in [2.45, 2.75) is 12.0 Å². The highest BCUT2D eigenvalue weighted by molar-refractivity contribution is 9.10. The molecule has 0 bridgehead atoms. The third-order valence-corrected chi connectivity index (χ3v) is 3.84. The predicted molar refractivity (Wildman–Crippen MR) is 69.0 cm³/mol. The number of aliphatic hydroxyl groups is 1. The predicted octanol–water partition coefficient (Wildman–Crippen LogP) is 1.06. The van der Waals surface area contributed by atoms with Crippen molar-refractivity contribution in [3.63, 3.8) is 0 Å². The molecule has 2 N–H and O–H groups in total. The Bertz CT molecular complexity index is 546. The second kappa shape index (κ2) is 4.33. The van der Waals surface area contributed by atoms with Crippen LogP contribution in [0.1, 0.15) is 12.1 Å². The van der Waals surface area contributed by atoms with E-state index in [0.29, 0.717) is 18.7 Å². The molecule has 0 saturated carbocycles. The van der Waals surface area contributed by atoms with Gasteiger partial charge in [0.1, 0.15) is 11.3 Å². The first-order chi connectivity index (χ1) is 8.69. The van der Waals surface area contributed by atoms with Crippen molar-refractivity contribution in [1.29, 1.82) is 0 Å². The fraction of sp³-hybridized carbons (Fsp3) is 0.364. The van der Waals surface area contributed by atoms with E-state index in [1.165, 1.54) is 0 Å². The molecule has 1 aliphatic rings. The summed E-state index contributed by atoms with van der Waals surface area (Å²) in [4.78, 5) is 6.15.